The lowest BCUT2D eigenvalue weighted by molar-refractivity contribution is 0.388. The summed E-state index contributed by atoms with van der Waals surface area (Å²) >= 11 is 4.87. The van der Waals surface area contributed by atoms with Crippen LogP contribution in [0.1, 0.15) is 5.89 Å². The summed E-state index contributed by atoms with van der Waals surface area (Å²) < 4.78 is 5.89. The molecular weight excluding hydrogens is 266 g/mol. The van der Waals surface area contributed by atoms with Crippen molar-refractivity contribution >= 4 is 27.3 Å². The molecule has 0 aliphatic carbocycles. The average Bonchev–Trinajstić information content (AvgIpc) is 2.74. The fourth-order valence-electron chi connectivity index (χ4n) is 0.929. The Morgan fingerprint density at radius 1 is 1.57 bits per heavy atom. The highest BCUT2D eigenvalue weighted by Crippen LogP contribution is 2.29. The Morgan fingerprint density at radius 3 is 3.07 bits per heavy atom. The Bertz CT molecular complexity index is 485. The quantitative estimate of drug-likeness (QED) is 0.841. The molecule has 70 valence electrons. The summed E-state index contributed by atoms with van der Waals surface area (Å²) in [5.41, 5.74) is 0. The van der Waals surface area contributed by atoms with Crippen molar-refractivity contribution in [2.24, 2.45) is 0 Å². The summed E-state index contributed by atoms with van der Waals surface area (Å²) in [4.78, 5) is 4.99. The molecule has 4 nitrogen and oxygen atoms in total. The van der Waals surface area contributed by atoms with Gasteiger partial charge in [-0.3, -0.25) is 0 Å². The number of nitriles is 1. The highest BCUT2D eigenvalue weighted by Gasteiger charge is 2.09. The monoisotopic (exact) mass is 269 g/mol. The number of rotatable bonds is 2. The smallest absolute Gasteiger partial charge is 0.241 e. The van der Waals surface area contributed by atoms with Gasteiger partial charge in [0.25, 0.3) is 0 Å². The molecule has 0 aliphatic heterocycles. The molecule has 2 rings (SSSR count). The second-order valence-corrected chi connectivity index (χ2v) is 4.91. The second-order valence-electron chi connectivity index (χ2n) is 2.45. The summed E-state index contributed by atoms with van der Waals surface area (Å²) in [7, 11) is 0. The molecular formula is C8H4BrN3OS. The zero-order valence-corrected chi connectivity index (χ0v) is 9.30. The summed E-state index contributed by atoms with van der Waals surface area (Å²) in [6.07, 6.45) is 0.152. The average molecular weight is 270 g/mol. The molecule has 0 aromatic carbocycles. The molecule has 2 heterocycles. The Balaban J connectivity index is 2.30. The molecule has 0 aliphatic rings. The molecule has 0 N–H and O–H groups in total. The van der Waals surface area contributed by atoms with Gasteiger partial charge in [-0.25, -0.2) is 0 Å². The Hall–Kier alpha value is -1.19. The van der Waals surface area contributed by atoms with E-state index >= 15 is 0 Å². The summed E-state index contributed by atoms with van der Waals surface area (Å²) in [5.74, 6) is 0.887. The lowest BCUT2D eigenvalue weighted by atomic mass is 10.4. The zero-order chi connectivity index (χ0) is 9.97. The number of thiophene rings is 1. The molecule has 2 aromatic rings. The van der Waals surface area contributed by atoms with Gasteiger partial charge in [0.1, 0.15) is 6.42 Å². The third-order valence-corrected chi connectivity index (χ3v) is 3.11. The summed E-state index contributed by atoms with van der Waals surface area (Å²) in [6.45, 7) is 0. The van der Waals surface area contributed by atoms with E-state index in [4.69, 9.17) is 9.78 Å². The third-order valence-electron chi connectivity index (χ3n) is 1.49. The van der Waals surface area contributed by atoms with Gasteiger partial charge in [0, 0.05) is 0 Å². The van der Waals surface area contributed by atoms with Crippen LogP contribution in [0, 0.1) is 11.3 Å². The Kier molecular flexibility index (Phi) is 2.61. The molecule has 0 saturated heterocycles. The van der Waals surface area contributed by atoms with Gasteiger partial charge in [-0.1, -0.05) is 5.16 Å². The Morgan fingerprint density at radius 2 is 2.43 bits per heavy atom. The minimum absolute atomic E-state index is 0.152. The first-order valence-corrected chi connectivity index (χ1v) is 5.36. The van der Waals surface area contributed by atoms with Crippen molar-refractivity contribution in [2.45, 2.75) is 6.42 Å². The summed E-state index contributed by atoms with van der Waals surface area (Å²) in [6, 6.07) is 5.77. The maximum absolute atomic E-state index is 8.42. The standard InChI is InChI=1S/C8H4BrN3OS/c9-6-2-1-5(14-6)8-11-7(3-4-10)13-12-8/h1-2H,3H2. The van der Waals surface area contributed by atoms with E-state index < -0.39 is 0 Å². The van der Waals surface area contributed by atoms with Gasteiger partial charge >= 0.3 is 0 Å². The topological polar surface area (TPSA) is 62.7 Å². The first-order chi connectivity index (χ1) is 6.79. The molecule has 0 unspecified atom stereocenters. The van der Waals surface area contributed by atoms with Gasteiger partial charge in [-0.05, 0) is 28.1 Å². The van der Waals surface area contributed by atoms with Crippen LogP contribution in [0.3, 0.4) is 0 Å². The van der Waals surface area contributed by atoms with E-state index in [0.29, 0.717) is 11.7 Å². The maximum Gasteiger partial charge on any atom is 0.241 e. The normalized spacial score (nSPS) is 10.0. The van der Waals surface area contributed by atoms with Crippen LogP contribution in [0.2, 0.25) is 0 Å². The molecule has 6 heteroatoms. The van der Waals surface area contributed by atoms with Crippen molar-refractivity contribution in [3.63, 3.8) is 0 Å². The van der Waals surface area contributed by atoms with Crippen LogP contribution in [0.25, 0.3) is 10.7 Å². The number of aromatic nitrogens is 2. The van der Waals surface area contributed by atoms with Crippen molar-refractivity contribution in [2.75, 3.05) is 0 Å². The van der Waals surface area contributed by atoms with Crippen molar-refractivity contribution < 1.29 is 4.52 Å². The number of hydrogen-bond acceptors (Lipinski definition) is 5. The van der Waals surface area contributed by atoms with E-state index in [9.17, 15) is 0 Å². The van der Waals surface area contributed by atoms with E-state index in [1.807, 2.05) is 18.2 Å². The van der Waals surface area contributed by atoms with Crippen LogP contribution in [0.15, 0.2) is 20.4 Å². The predicted molar refractivity (Wildman–Crippen MR) is 54.6 cm³/mol. The predicted octanol–water partition coefficient (Wildman–Crippen LogP) is 2.63. The van der Waals surface area contributed by atoms with Gasteiger partial charge in [0.2, 0.25) is 11.7 Å². The lowest BCUT2D eigenvalue weighted by Gasteiger charge is -1.81. The largest absolute Gasteiger partial charge is 0.338 e. The molecule has 0 amide bonds. The van der Waals surface area contributed by atoms with Crippen molar-refractivity contribution in [1.82, 2.24) is 10.1 Å². The number of hydrogen-bond donors (Lipinski definition) is 0. The fourth-order valence-corrected chi connectivity index (χ4v) is 2.24. The third kappa shape index (κ3) is 1.84. The second kappa shape index (κ2) is 3.90. The number of halogens is 1. The van der Waals surface area contributed by atoms with Gasteiger partial charge in [-0.2, -0.15) is 10.2 Å². The Labute approximate surface area is 92.3 Å². The number of nitrogens with zero attached hydrogens (tertiary/aromatic N) is 3. The van der Waals surface area contributed by atoms with Crippen LogP contribution >= 0.6 is 27.3 Å². The van der Waals surface area contributed by atoms with E-state index in [1.165, 1.54) is 11.3 Å². The first kappa shape index (κ1) is 9.37. The minimum Gasteiger partial charge on any atom is -0.338 e. The summed E-state index contributed by atoms with van der Waals surface area (Å²) in [5, 5.41) is 12.2. The van der Waals surface area contributed by atoms with Crippen molar-refractivity contribution in [3.05, 3.63) is 21.8 Å². The minimum atomic E-state index is 0.152. The van der Waals surface area contributed by atoms with Crippen molar-refractivity contribution in [1.29, 1.82) is 5.26 Å². The van der Waals surface area contributed by atoms with E-state index in [2.05, 4.69) is 26.1 Å². The van der Waals surface area contributed by atoms with Gasteiger partial charge in [0.05, 0.1) is 14.7 Å². The maximum atomic E-state index is 8.42. The molecule has 0 radical (unpaired) electrons. The first-order valence-electron chi connectivity index (χ1n) is 3.75. The van der Waals surface area contributed by atoms with Gasteiger partial charge in [0.15, 0.2) is 0 Å². The molecule has 2 aromatic heterocycles. The van der Waals surface area contributed by atoms with Crippen LogP contribution < -0.4 is 0 Å². The van der Waals surface area contributed by atoms with Gasteiger partial charge in [-0.15, -0.1) is 11.3 Å². The highest BCUT2D eigenvalue weighted by atomic mass is 79.9. The van der Waals surface area contributed by atoms with Crippen molar-refractivity contribution in [3.8, 4) is 16.8 Å². The van der Waals surface area contributed by atoms with Crippen LogP contribution in [0.4, 0.5) is 0 Å². The molecule has 0 fully saturated rings. The SMILES string of the molecule is N#CCc1nc(-c2ccc(Br)s2)no1. The zero-order valence-electron chi connectivity index (χ0n) is 6.90. The van der Waals surface area contributed by atoms with Crippen LogP contribution in [-0.4, -0.2) is 10.1 Å². The van der Waals surface area contributed by atoms with E-state index in [-0.39, 0.29) is 6.42 Å². The van der Waals surface area contributed by atoms with Crippen LogP contribution in [0.5, 0.6) is 0 Å². The molecule has 0 spiro atoms. The van der Waals surface area contributed by atoms with Crippen LogP contribution in [-0.2, 0) is 6.42 Å². The molecule has 0 saturated carbocycles. The highest BCUT2D eigenvalue weighted by molar-refractivity contribution is 9.11. The fraction of sp³-hybridized carbons (Fsp3) is 0.125. The van der Waals surface area contributed by atoms with Gasteiger partial charge < -0.3 is 4.52 Å². The van der Waals surface area contributed by atoms with E-state index in [1.54, 1.807) is 0 Å². The molecule has 0 atom stereocenters. The van der Waals surface area contributed by atoms with E-state index in [0.717, 1.165) is 8.66 Å². The lowest BCUT2D eigenvalue weighted by Crippen LogP contribution is -1.79. The molecule has 0 bridgehead atoms. The molecule has 14 heavy (non-hydrogen) atoms.